The van der Waals surface area contributed by atoms with Crippen molar-refractivity contribution < 1.29 is 18.8 Å². The van der Waals surface area contributed by atoms with Crippen LogP contribution in [0.4, 0.5) is 10.1 Å². The van der Waals surface area contributed by atoms with Gasteiger partial charge < -0.3 is 10.6 Å². The molecule has 10 heteroatoms. The number of hydrogen-bond acceptors (Lipinski definition) is 6. The zero-order valence-electron chi connectivity index (χ0n) is 16.2. The zero-order valence-corrected chi connectivity index (χ0v) is 16.2. The fourth-order valence-electron chi connectivity index (χ4n) is 3.98. The van der Waals surface area contributed by atoms with Crippen LogP contribution in [0.2, 0.25) is 0 Å². The minimum Gasteiger partial charge on any atom is -0.396 e. The second kappa shape index (κ2) is 7.01. The predicted octanol–water partition coefficient (Wildman–Crippen LogP) is 1.42. The summed E-state index contributed by atoms with van der Waals surface area (Å²) in [4.78, 5) is 38.1. The van der Waals surface area contributed by atoms with E-state index in [-0.39, 0.29) is 36.9 Å². The van der Waals surface area contributed by atoms with E-state index >= 15 is 0 Å². The van der Waals surface area contributed by atoms with Crippen molar-refractivity contribution in [1.82, 2.24) is 25.2 Å². The zero-order chi connectivity index (χ0) is 21.7. The quantitative estimate of drug-likeness (QED) is 0.488. The molecule has 1 aromatic heterocycles. The lowest BCUT2D eigenvalue weighted by Crippen LogP contribution is -2.52. The number of nitrogens with zero attached hydrogens (tertiary/aromatic N) is 4. The molecule has 1 fully saturated rings. The van der Waals surface area contributed by atoms with Crippen LogP contribution < -0.4 is 11.1 Å². The van der Waals surface area contributed by atoms with Gasteiger partial charge in [-0.15, -0.1) is 5.10 Å². The molecular weight excluding hydrogens is 403 g/mol. The third kappa shape index (κ3) is 3.12. The number of nitrogens with two attached hydrogens (primary N) is 1. The predicted molar refractivity (Wildman–Crippen MR) is 107 cm³/mol. The number of imide groups is 1. The SMILES string of the molecule is Nc1ccc(-c2cn(-c3cccc4c3CN(C3CCC(=O)NC3=O)C4=O)nn2)cc1F. The van der Waals surface area contributed by atoms with Gasteiger partial charge in [-0.3, -0.25) is 19.7 Å². The molecule has 0 saturated carbocycles. The number of carbonyl (C=O) groups is 3. The highest BCUT2D eigenvalue weighted by Gasteiger charge is 2.40. The van der Waals surface area contributed by atoms with Crippen LogP contribution in [-0.4, -0.2) is 43.7 Å². The van der Waals surface area contributed by atoms with E-state index in [0.29, 0.717) is 28.1 Å². The van der Waals surface area contributed by atoms with Crippen LogP contribution in [0.3, 0.4) is 0 Å². The number of rotatable bonds is 3. The average Bonchev–Trinajstić information content (AvgIpc) is 3.36. The van der Waals surface area contributed by atoms with Crippen LogP contribution in [0.5, 0.6) is 0 Å². The molecule has 156 valence electrons. The van der Waals surface area contributed by atoms with E-state index in [2.05, 4.69) is 15.6 Å². The second-order valence-electron chi connectivity index (χ2n) is 7.49. The Hall–Kier alpha value is -4.08. The highest BCUT2D eigenvalue weighted by molar-refractivity contribution is 6.05. The number of halogens is 1. The van der Waals surface area contributed by atoms with Crippen molar-refractivity contribution in [3.63, 3.8) is 0 Å². The van der Waals surface area contributed by atoms with Crippen LogP contribution in [0, 0.1) is 5.82 Å². The minimum atomic E-state index is -0.700. The monoisotopic (exact) mass is 420 g/mol. The number of carbonyl (C=O) groups excluding carboxylic acids is 3. The molecule has 3 aromatic rings. The Morgan fingerprint density at radius 3 is 2.77 bits per heavy atom. The van der Waals surface area contributed by atoms with Crippen molar-refractivity contribution in [2.45, 2.75) is 25.4 Å². The van der Waals surface area contributed by atoms with Crippen molar-refractivity contribution >= 4 is 23.4 Å². The summed E-state index contributed by atoms with van der Waals surface area (Å²) < 4.78 is 15.3. The van der Waals surface area contributed by atoms with Crippen LogP contribution in [-0.2, 0) is 16.1 Å². The highest BCUT2D eigenvalue weighted by Crippen LogP contribution is 2.32. The van der Waals surface area contributed by atoms with Crippen molar-refractivity contribution in [2.24, 2.45) is 0 Å². The molecule has 2 aliphatic heterocycles. The Morgan fingerprint density at radius 2 is 2.00 bits per heavy atom. The van der Waals surface area contributed by atoms with E-state index in [1.165, 1.54) is 21.7 Å². The highest BCUT2D eigenvalue weighted by atomic mass is 19.1. The van der Waals surface area contributed by atoms with Crippen LogP contribution in [0.1, 0.15) is 28.8 Å². The molecule has 5 rings (SSSR count). The van der Waals surface area contributed by atoms with E-state index in [4.69, 9.17) is 5.73 Å². The lowest BCUT2D eigenvalue weighted by atomic mass is 10.0. The molecule has 1 atom stereocenters. The lowest BCUT2D eigenvalue weighted by molar-refractivity contribution is -0.136. The fraction of sp³-hybridized carbons (Fsp3) is 0.190. The van der Waals surface area contributed by atoms with Crippen molar-refractivity contribution in [3.05, 3.63) is 59.5 Å². The van der Waals surface area contributed by atoms with E-state index in [1.54, 1.807) is 30.5 Å². The van der Waals surface area contributed by atoms with E-state index in [1.807, 2.05) is 0 Å². The summed E-state index contributed by atoms with van der Waals surface area (Å²) in [6, 6.07) is 8.91. The molecule has 2 aromatic carbocycles. The van der Waals surface area contributed by atoms with Crippen LogP contribution >= 0.6 is 0 Å². The molecule has 1 saturated heterocycles. The number of anilines is 1. The minimum absolute atomic E-state index is 0.0454. The first-order chi connectivity index (χ1) is 14.9. The number of fused-ring (bicyclic) bond motifs is 1. The normalized spacial score (nSPS) is 18.3. The molecule has 3 heterocycles. The third-order valence-corrected chi connectivity index (χ3v) is 5.59. The molecule has 1 unspecified atom stereocenters. The maximum Gasteiger partial charge on any atom is 0.255 e. The van der Waals surface area contributed by atoms with Gasteiger partial charge in [0.1, 0.15) is 17.6 Å². The third-order valence-electron chi connectivity index (χ3n) is 5.59. The molecule has 3 N–H and O–H groups in total. The first-order valence-corrected chi connectivity index (χ1v) is 9.67. The number of aromatic nitrogens is 3. The number of nitrogen functional groups attached to an aromatic ring is 1. The standard InChI is InChI=1S/C21H17FN6O3/c22-14-8-11(4-5-15(14)23)16-10-28(26-25-16)17-3-1-2-12-13(17)9-27(21(12)31)18-6-7-19(29)24-20(18)30/h1-5,8,10,18H,6-7,9,23H2,(H,24,29,30). The van der Waals surface area contributed by atoms with E-state index in [9.17, 15) is 18.8 Å². The Morgan fingerprint density at radius 1 is 1.16 bits per heavy atom. The van der Waals surface area contributed by atoms with Gasteiger partial charge in [0, 0.05) is 29.7 Å². The van der Waals surface area contributed by atoms with E-state index in [0.717, 1.165) is 0 Å². The molecule has 2 aliphatic rings. The lowest BCUT2D eigenvalue weighted by Gasteiger charge is -2.29. The number of benzene rings is 2. The summed E-state index contributed by atoms with van der Waals surface area (Å²) in [5, 5.41) is 10.5. The topological polar surface area (TPSA) is 123 Å². The van der Waals surface area contributed by atoms with Crippen molar-refractivity contribution in [1.29, 1.82) is 0 Å². The van der Waals surface area contributed by atoms with Gasteiger partial charge in [-0.2, -0.15) is 0 Å². The number of nitrogens with one attached hydrogen (secondary N) is 1. The van der Waals surface area contributed by atoms with Gasteiger partial charge in [-0.05, 0) is 30.7 Å². The number of amides is 3. The Labute approximate surface area is 175 Å². The van der Waals surface area contributed by atoms with Gasteiger partial charge in [0.2, 0.25) is 11.8 Å². The molecular formula is C21H17FN6O3. The Kier molecular flexibility index (Phi) is 4.28. The molecule has 0 spiro atoms. The van der Waals surface area contributed by atoms with Crippen LogP contribution in [0.15, 0.2) is 42.6 Å². The summed E-state index contributed by atoms with van der Waals surface area (Å²) >= 11 is 0. The Bertz CT molecular complexity index is 1250. The number of hydrogen-bond donors (Lipinski definition) is 2. The summed E-state index contributed by atoms with van der Waals surface area (Å²) in [5.74, 6) is -1.61. The average molecular weight is 420 g/mol. The van der Waals surface area contributed by atoms with Crippen LogP contribution in [0.25, 0.3) is 16.9 Å². The van der Waals surface area contributed by atoms with Crippen molar-refractivity contribution in [3.8, 4) is 16.9 Å². The van der Waals surface area contributed by atoms with Gasteiger partial charge in [0.15, 0.2) is 0 Å². The fourth-order valence-corrected chi connectivity index (χ4v) is 3.98. The van der Waals surface area contributed by atoms with Gasteiger partial charge in [0.25, 0.3) is 5.91 Å². The summed E-state index contributed by atoms with van der Waals surface area (Å²) in [6.45, 7) is 0.211. The van der Waals surface area contributed by atoms with E-state index < -0.39 is 17.8 Å². The maximum atomic E-state index is 13.8. The largest absolute Gasteiger partial charge is 0.396 e. The smallest absolute Gasteiger partial charge is 0.255 e. The summed E-state index contributed by atoms with van der Waals surface area (Å²) in [7, 11) is 0. The van der Waals surface area contributed by atoms with Crippen molar-refractivity contribution in [2.75, 3.05) is 5.73 Å². The Balaban J connectivity index is 1.47. The number of piperidine rings is 1. The van der Waals surface area contributed by atoms with Gasteiger partial charge >= 0.3 is 0 Å². The maximum absolute atomic E-state index is 13.8. The van der Waals surface area contributed by atoms with Gasteiger partial charge in [-0.1, -0.05) is 17.3 Å². The molecule has 0 aliphatic carbocycles. The first kappa shape index (κ1) is 18.9. The molecule has 0 bridgehead atoms. The molecule has 3 amide bonds. The van der Waals surface area contributed by atoms with Gasteiger partial charge in [0.05, 0.1) is 17.6 Å². The molecule has 0 radical (unpaired) electrons. The second-order valence-corrected chi connectivity index (χ2v) is 7.49. The molecule has 31 heavy (non-hydrogen) atoms. The summed E-state index contributed by atoms with van der Waals surface area (Å²) in [5.41, 5.74) is 8.35. The molecule has 9 nitrogen and oxygen atoms in total. The summed E-state index contributed by atoms with van der Waals surface area (Å²) in [6.07, 6.45) is 2.11. The van der Waals surface area contributed by atoms with Gasteiger partial charge in [-0.25, -0.2) is 9.07 Å². The first-order valence-electron chi connectivity index (χ1n) is 9.67.